The highest BCUT2D eigenvalue weighted by Crippen LogP contribution is 2.21. The molecule has 0 aliphatic carbocycles. The van der Waals surface area contributed by atoms with E-state index in [9.17, 15) is 9.59 Å². The number of aryl methyl sites for hydroxylation is 1. The maximum atomic E-state index is 12.4. The summed E-state index contributed by atoms with van der Waals surface area (Å²) in [6.07, 6.45) is 3.03. The van der Waals surface area contributed by atoms with Crippen LogP contribution in [0.1, 0.15) is 24.3 Å². The fourth-order valence-electron chi connectivity index (χ4n) is 2.56. The number of anilines is 1. The minimum Gasteiger partial charge on any atom is -0.467 e. The molecule has 23 heavy (non-hydrogen) atoms. The van der Waals surface area contributed by atoms with Gasteiger partial charge < -0.3 is 14.6 Å². The average Bonchev–Trinajstić information content (AvgIpc) is 3.26. The summed E-state index contributed by atoms with van der Waals surface area (Å²) in [7, 11) is 0. The number of aromatic nitrogens is 1. The maximum Gasteiger partial charge on any atom is 0.324 e. The molecule has 7 nitrogen and oxygen atoms in total. The van der Waals surface area contributed by atoms with Crippen LogP contribution in [0.25, 0.3) is 0 Å². The summed E-state index contributed by atoms with van der Waals surface area (Å²) >= 11 is 1.37. The molecule has 1 unspecified atom stereocenters. The molecule has 2 aromatic rings. The Morgan fingerprint density at radius 3 is 3.09 bits per heavy atom. The normalized spacial score (nSPS) is 17.3. The number of amides is 3. The molecule has 3 heterocycles. The van der Waals surface area contributed by atoms with Crippen LogP contribution < -0.4 is 10.6 Å². The average molecular weight is 334 g/mol. The Morgan fingerprint density at radius 1 is 1.52 bits per heavy atom. The molecule has 0 spiro atoms. The predicted molar refractivity (Wildman–Crippen MR) is 86.2 cm³/mol. The Balaban J connectivity index is 1.58. The number of carbonyl (C=O) groups is 2. The van der Waals surface area contributed by atoms with Crippen LogP contribution in [-0.2, 0) is 11.3 Å². The van der Waals surface area contributed by atoms with Crippen molar-refractivity contribution in [3.8, 4) is 0 Å². The number of nitrogens with one attached hydrogen (secondary N) is 2. The predicted octanol–water partition coefficient (Wildman–Crippen LogP) is 2.36. The standard InChI is InChI=1S/C15H18N4O3S/c1-10-9-23-14(17-10)18-15(21)19-6-2-5-12(19)13(20)16-8-11-4-3-7-22-11/h3-4,7,9,12H,2,5-6,8H2,1H3,(H,16,20)(H,17,18,21). The topological polar surface area (TPSA) is 87.5 Å². The number of likely N-dealkylation sites (tertiary alicyclic amines) is 1. The maximum absolute atomic E-state index is 12.4. The van der Waals surface area contributed by atoms with Gasteiger partial charge in [-0.3, -0.25) is 10.1 Å². The largest absolute Gasteiger partial charge is 0.467 e. The molecule has 1 aliphatic rings. The van der Waals surface area contributed by atoms with E-state index in [1.54, 1.807) is 23.3 Å². The summed E-state index contributed by atoms with van der Waals surface area (Å²) in [5.74, 6) is 0.523. The van der Waals surface area contributed by atoms with Crippen LogP contribution in [0, 0.1) is 6.92 Å². The molecule has 0 saturated carbocycles. The molecule has 1 aliphatic heterocycles. The monoisotopic (exact) mass is 334 g/mol. The molecule has 1 saturated heterocycles. The fourth-order valence-corrected chi connectivity index (χ4v) is 3.24. The molecule has 3 rings (SSSR count). The van der Waals surface area contributed by atoms with Gasteiger partial charge in [0.05, 0.1) is 18.5 Å². The van der Waals surface area contributed by atoms with Crippen molar-refractivity contribution in [2.24, 2.45) is 0 Å². The molecular weight excluding hydrogens is 316 g/mol. The highest BCUT2D eigenvalue weighted by atomic mass is 32.1. The quantitative estimate of drug-likeness (QED) is 0.898. The van der Waals surface area contributed by atoms with Crippen molar-refractivity contribution in [2.75, 3.05) is 11.9 Å². The summed E-state index contributed by atoms with van der Waals surface area (Å²) in [5.41, 5.74) is 0.861. The molecule has 3 amide bonds. The van der Waals surface area contributed by atoms with E-state index in [1.165, 1.54) is 11.3 Å². The molecular formula is C15H18N4O3S. The van der Waals surface area contributed by atoms with Crippen molar-refractivity contribution < 1.29 is 14.0 Å². The Morgan fingerprint density at radius 2 is 2.39 bits per heavy atom. The van der Waals surface area contributed by atoms with Crippen LogP contribution in [-0.4, -0.2) is 34.4 Å². The Hall–Kier alpha value is -2.35. The first kappa shape index (κ1) is 15.5. The van der Waals surface area contributed by atoms with E-state index in [1.807, 2.05) is 12.3 Å². The zero-order valence-corrected chi connectivity index (χ0v) is 13.6. The number of urea groups is 1. The summed E-state index contributed by atoms with van der Waals surface area (Å²) in [6.45, 7) is 2.76. The molecule has 0 bridgehead atoms. The fraction of sp³-hybridized carbons (Fsp3) is 0.400. The number of rotatable bonds is 4. The second kappa shape index (κ2) is 6.82. The van der Waals surface area contributed by atoms with Gasteiger partial charge >= 0.3 is 6.03 Å². The van der Waals surface area contributed by atoms with Crippen molar-refractivity contribution in [3.05, 3.63) is 35.2 Å². The molecule has 1 atom stereocenters. The van der Waals surface area contributed by atoms with Crippen molar-refractivity contribution in [1.82, 2.24) is 15.2 Å². The molecule has 0 radical (unpaired) electrons. The SMILES string of the molecule is Cc1csc(NC(=O)N2CCCC2C(=O)NCc2ccco2)n1. The Labute approximate surface area is 137 Å². The van der Waals surface area contributed by atoms with Gasteiger partial charge in [-0.1, -0.05) is 0 Å². The van der Waals surface area contributed by atoms with Crippen molar-refractivity contribution in [3.63, 3.8) is 0 Å². The molecule has 122 valence electrons. The van der Waals surface area contributed by atoms with Gasteiger partial charge in [0, 0.05) is 11.9 Å². The number of carbonyl (C=O) groups excluding carboxylic acids is 2. The lowest BCUT2D eigenvalue weighted by Gasteiger charge is -2.23. The first-order valence-corrected chi connectivity index (χ1v) is 8.31. The van der Waals surface area contributed by atoms with E-state index in [2.05, 4.69) is 15.6 Å². The van der Waals surface area contributed by atoms with Crippen LogP contribution >= 0.6 is 11.3 Å². The van der Waals surface area contributed by atoms with Gasteiger partial charge in [-0.2, -0.15) is 0 Å². The van der Waals surface area contributed by atoms with E-state index >= 15 is 0 Å². The van der Waals surface area contributed by atoms with Gasteiger partial charge in [-0.05, 0) is 31.9 Å². The van der Waals surface area contributed by atoms with Gasteiger partial charge in [-0.15, -0.1) is 11.3 Å². The number of nitrogens with zero attached hydrogens (tertiary/aromatic N) is 2. The van der Waals surface area contributed by atoms with Crippen LogP contribution in [0.5, 0.6) is 0 Å². The summed E-state index contributed by atoms with van der Waals surface area (Å²) in [5, 5.41) is 7.99. The molecule has 2 N–H and O–H groups in total. The molecule has 2 aromatic heterocycles. The number of hydrogen-bond donors (Lipinski definition) is 2. The highest BCUT2D eigenvalue weighted by molar-refractivity contribution is 7.13. The zero-order valence-electron chi connectivity index (χ0n) is 12.7. The van der Waals surface area contributed by atoms with Crippen molar-refractivity contribution in [1.29, 1.82) is 0 Å². The zero-order chi connectivity index (χ0) is 16.2. The molecule has 8 heteroatoms. The van der Waals surface area contributed by atoms with Gasteiger partial charge in [0.15, 0.2) is 5.13 Å². The van der Waals surface area contributed by atoms with Gasteiger partial charge in [0.2, 0.25) is 5.91 Å². The van der Waals surface area contributed by atoms with Crippen molar-refractivity contribution >= 4 is 28.4 Å². The van der Waals surface area contributed by atoms with E-state index in [0.717, 1.165) is 12.1 Å². The van der Waals surface area contributed by atoms with E-state index in [4.69, 9.17) is 4.42 Å². The molecule has 1 fully saturated rings. The van der Waals surface area contributed by atoms with Crippen LogP contribution in [0.2, 0.25) is 0 Å². The minimum absolute atomic E-state index is 0.163. The van der Waals surface area contributed by atoms with Gasteiger partial charge in [0.25, 0.3) is 0 Å². The first-order valence-electron chi connectivity index (χ1n) is 7.43. The van der Waals surface area contributed by atoms with Crippen LogP contribution in [0.15, 0.2) is 28.2 Å². The third kappa shape index (κ3) is 3.70. The van der Waals surface area contributed by atoms with E-state index < -0.39 is 6.04 Å². The number of furan rings is 1. The number of hydrogen-bond acceptors (Lipinski definition) is 5. The number of thiazole rings is 1. The Kier molecular flexibility index (Phi) is 4.61. The van der Waals surface area contributed by atoms with E-state index in [-0.39, 0.29) is 11.9 Å². The third-order valence-electron chi connectivity index (χ3n) is 3.67. The lowest BCUT2D eigenvalue weighted by Crippen LogP contribution is -2.47. The third-order valence-corrected chi connectivity index (χ3v) is 4.54. The summed E-state index contributed by atoms with van der Waals surface area (Å²) < 4.78 is 5.19. The summed E-state index contributed by atoms with van der Waals surface area (Å²) in [4.78, 5) is 30.5. The van der Waals surface area contributed by atoms with Gasteiger partial charge in [-0.25, -0.2) is 9.78 Å². The highest BCUT2D eigenvalue weighted by Gasteiger charge is 2.34. The van der Waals surface area contributed by atoms with Crippen molar-refractivity contribution in [2.45, 2.75) is 32.4 Å². The second-order valence-electron chi connectivity index (χ2n) is 5.37. The lowest BCUT2D eigenvalue weighted by molar-refractivity contribution is -0.124. The Bertz CT molecular complexity index is 683. The second-order valence-corrected chi connectivity index (χ2v) is 6.23. The van der Waals surface area contributed by atoms with Crippen LogP contribution in [0.3, 0.4) is 0 Å². The minimum atomic E-state index is -0.453. The smallest absolute Gasteiger partial charge is 0.324 e. The summed E-state index contributed by atoms with van der Waals surface area (Å²) in [6, 6.07) is 2.83. The van der Waals surface area contributed by atoms with Gasteiger partial charge in [0.1, 0.15) is 11.8 Å². The van der Waals surface area contributed by atoms with E-state index in [0.29, 0.717) is 30.4 Å². The first-order chi connectivity index (χ1) is 11.1. The van der Waals surface area contributed by atoms with Crippen LogP contribution in [0.4, 0.5) is 9.93 Å². The molecule has 0 aromatic carbocycles. The lowest BCUT2D eigenvalue weighted by atomic mass is 10.2.